The van der Waals surface area contributed by atoms with Crippen molar-refractivity contribution in [3.8, 4) is 0 Å². The standard InChI is InChI=1S/C11H23N3O3Si/c1-4-15-18(16-5-2,17-6-3)9-7-8-11-12-10-13-14-11/h10H,4-9H2,1-3H3,(H,12,13,14). The van der Waals surface area contributed by atoms with Gasteiger partial charge < -0.3 is 13.3 Å². The smallest absolute Gasteiger partial charge is 0.374 e. The molecule has 18 heavy (non-hydrogen) atoms. The molecule has 1 rings (SSSR count). The van der Waals surface area contributed by atoms with Crippen molar-refractivity contribution < 1.29 is 13.3 Å². The molecule has 6 nitrogen and oxygen atoms in total. The molecule has 0 spiro atoms. The van der Waals surface area contributed by atoms with Crippen LogP contribution in [-0.4, -0.2) is 43.8 Å². The van der Waals surface area contributed by atoms with Crippen LogP contribution in [-0.2, 0) is 19.7 Å². The number of hydrogen-bond acceptors (Lipinski definition) is 5. The molecular weight excluding hydrogens is 250 g/mol. The van der Waals surface area contributed by atoms with E-state index in [4.69, 9.17) is 13.3 Å². The van der Waals surface area contributed by atoms with Crippen LogP contribution in [0.5, 0.6) is 0 Å². The zero-order valence-corrected chi connectivity index (χ0v) is 12.4. The van der Waals surface area contributed by atoms with E-state index >= 15 is 0 Å². The summed E-state index contributed by atoms with van der Waals surface area (Å²) in [5.74, 6) is 0.891. The molecule has 0 atom stereocenters. The molecule has 1 heterocycles. The molecule has 1 N–H and O–H groups in total. The van der Waals surface area contributed by atoms with Crippen LogP contribution >= 0.6 is 0 Å². The van der Waals surface area contributed by atoms with Crippen molar-refractivity contribution in [1.82, 2.24) is 15.2 Å². The summed E-state index contributed by atoms with van der Waals surface area (Å²) in [4.78, 5) is 4.10. The van der Waals surface area contributed by atoms with Gasteiger partial charge in [0, 0.05) is 32.3 Å². The van der Waals surface area contributed by atoms with Crippen molar-refractivity contribution in [3.63, 3.8) is 0 Å². The highest BCUT2D eigenvalue weighted by molar-refractivity contribution is 6.60. The predicted octanol–water partition coefficient (Wildman–Crippen LogP) is 1.79. The second-order valence-corrected chi connectivity index (χ2v) is 6.50. The zero-order valence-electron chi connectivity index (χ0n) is 11.4. The second-order valence-electron chi connectivity index (χ2n) is 3.77. The Bertz CT molecular complexity index is 291. The molecule has 0 radical (unpaired) electrons. The average molecular weight is 273 g/mol. The van der Waals surface area contributed by atoms with Gasteiger partial charge in [-0.05, 0) is 27.2 Å². The highest BCUT2D eigenvalue weighted by atomic mass is 28.4. The first-order chi connectivity index (χ1) is 8.76. The number of nitrogens with one attached hydrogen (secondary N) is 1. The first-order valence-electron chi connectivity index (χ1n) is 6.52. The van der Waals surface area contributed by atoms with Crippen LogP contribution in [0.25, 0.3) is 0 Å². The quantitative estimate of drug-likeness (QED) is 0.658. The van der Waals surface area contributed by atoms with Crippen molar-refractivity contribution in [2.24, 2.45) is 0 Å². The minimum absolute atomic E-state index is 0.620. The van der Waals surface area contributed by atoms with Crippen LogP contribution < -0.4 is 0 Å². The normalized spacial score (nSPS) is 11.9. The van der Waals surface area contributed by atoms with Crippen LogP contribution in [0.3, 0.4) is 0 Å². The predicted molar refractivity (Wildman–Crippen MR) is 70.1 cm³/mol. The molecule has 0 saturated carbocycles. The summed E-state index contributed by atoms with van der Waals surface area (Å²) in [5.41, 5.74) is 0. The molecule has 0 aliphatic rings. The molecule has 0 aliphatic heterocycles. The number of hydrogen-bond donors (Lipinski definition) is 1. The van der Waals surface area contributed by atoms with Crippen molar-refractivity contribution in [3.05, 3.63) is 12.2 Å². The number of aromatic amines is 1. The Morgan fingerprint density at radius 1 is 1.11 bits per heavy atom. The van der Waals surface area contributed by atoms with Gasteiger partial charge in [0.2, 0.25) is 0 Å². The van der Waals surface area contributed by atoms with E-state index in [1.165, 1.54) is 6.33 Å². The molecule has 0 unspecified atom stereocenters. The molecule has 1 aromatic rings. The fraction of sp³-hybridized carbons (Fsp3) is 0.818. The first-order valence-corrected chi connectivity index (χ1v) is 8.45. The Labute approximate surface area is 109 Å². The average Bonchev–Trinajstić information content (AvgIpc) is 2.83. The summed E-state index contributed by atoms with van der Waals surface area (Å²) in [6, 6.07) is 0.809. The molecule has 0 saturated heterocycles. The number of rotatable bonds is 10. The molecule has 104 valence electrons. The Hall–Kier alpha value is -0.763. The topological polar surface area (TPSA) is 69.3 Å². The number of H-pyrrole nitrogens is 1. The number of aryl methyl sites for hydroxylation is 1. The molecule has 0 aliphatic carbocycles. The van der Waals surface area contributed by atoms with E-state index in [9.17, 15) is 0 Å². The third-order valence-corrected chi connectivity index (χ3v) is 5.61. The Morgan fingerprint density at radius 2 is 1.72 bits per heavy atom. The van der Waals surface area contributed by atoms with Gasteiger partial charge >= 0.3 is 8.80 Å². The summed E-state index contributed by atoms with van der Waals surface area (Å²) in [6.45, 7) is 7.76. The maximum Gasteiger partial charge on any atom is 0.500 e. The van der Waals surface area contributed by atoms with Crippen LogP contribution in [0, 0.1) is 0 Å². The lowest BCUT2D eigenvalue weighted by atomic mass is 10.3. The van der Waals surface area contributed by atoms with Crippen LogP contribution in [0.15, 0.2) is 6.33 Å². The lowest BCUT2D eigenvalue weighted by molar-refractivity contribution is 0.0708. The van der Waals surface area contributed by atoms with Crippen LogP contribution in [0.2, 0.25) is 6.04 Å². The zero-order chi connectivity index (χ0) is 13.3. The molecule has 0 aromatic carbocycles. The highest BCUT2D eigenvalue weighted by Gasteiger charge is 2.39. The Morgan fingerprint density at radius 3 is 2.17 bits per heavy atom. The Kier molecular flexibility index (Phi) is 7.10. The van der Waals surface area contributed by atoms with Gasteiger partial charge in [0.05, 0.1) is 0 Å². The fourth-order valence-corrected chi connectivity index (χ4v) is 4.44. The third kappa shape index (κ3) is 4.85. The molecule has 0 bridgehead atoms. The van der Waals surface area contributed by atoms with Gasteiger partial charge in [-0.3, -0.25) is 5.10 Å². The van der Waals surface area contributed by atoms with Gasteiger partial charge in [0.25, 0.3) is 0 Å². The molecule has 0 amide bonds. The van der Waals surface area contributed by atoms with Gasteiger partial charge in [-0.15, -0.1) is 0 Å². The van der Waals surface area contributed by atoms with Crippen LogP contribution in [0.4, 0.5) is 0 Å². The van der Waals surface area contributed by atoms with Gasteiger partial charge in [-0.25, -0.2) is 4.98 Å². The lowest BCUT2D eigenvalue weighted by Crippen LogP contribution is -2.46. The summed E-state index contributed by atoms with van der Waals surface area (Å²) < 4.78 is 17.3. The molecule has 0 fully saturated rings. The van der Waals surface area contributed by atoms with E-state index in [1.54, 1.807) is 0 Å². The minimum atomic E-state index is -2.49. The van der Waals surface area contributed by atoms with E-state index in [2.05, 4.69) is 15.2 Å². The third-order valence-electron chi connectivity index (χ3n) is 2.45. The monoisotopic (exact) mass is 273 g/mol. The highest BCUT2D eigenvalue weighted by Crippen LogP contribution is 2.19. The van der Waals surface area contributed by atoms with E-state index in [-0.39, 0.29) is 0 Å². The van der Waals surface area contributed by atoms with Crippen molar-refractivity contribution in [2.75, 3.05) is 19.8 Å². The molecule has 7 heteroatoms. The van der Waals surface area contributed by atoms with Gasteiger partial charge in [-0.2, -0.15) is 5.10 Å². The van der Waals surface area contributed by atoms with Gasteiger partial charge in [0.1, 0.15) is 12.2 Å². The van der Waals surface area contributed by atoms with Gasteiger partial charge in [-0.1, -0.05) is 0 Å². The maximum atomic E-state index is 5.78. The van der Waals surface area contributed by atoms with Gasteiger partial charge in [0.15, 0.2) is 0 Å². The van der Waals surface area contributed by atoms with E-state index in [1.807, 2.05) is 20.8 Å². The van der Waals surface area contributed by atoms with Crippen molar-refractivity contribution in [1.29, 1.82) is 0 Å². The van der Waals surface area contributed by atoms with E-state index in [0.29, 0.717) is 19.8 Å². The van der Waals surface area contributed by atoms with Crippen molar-refractivity contribution >= 4 is 8.80 Å². The summed E-state index contributed by atoms with van der Waals surface area (Å²) in [5, 5.41) is 6.68. The van der Waals surface area contributed by atoms with E-state index in [0.717, 1.165) is 24.7 Å². The Balaban J connectivity index is 2.47. The molecule has 1 aromatic heterocycles. The van der Waals surface area contributed by atoms with Crippen LogP contribution in [0.1, 0.15) is 33.0 Å². The molecular formula is C11H23N3O3Si. The fourth-order valence-electron chi connectivity index (χ4n) is 1.82. The number of aromatic nitrogens is 3. The van der Waals surface area contributed by atoms with Crippen molar-refractivity contribution in [2.45, 2.75) is 39.7 Å². The minimum Gasteiger partial charge on any atom is -0.374 e. The second kappa shape index (κ2) is 8.36. The maximum absolute atomic E-state index is 5.78. The number of nitrogens with zero attached hydrogens (tertiary/aromatic N) is 2. The summed E-state index contributed by atoms with van der Waals surface area (Å²) in [7, 11) is -2.49. The SMILES string of the molecule is CCO[Si](CCCc1ncn[nH]1)(OCC)OCC. The van der Waals surface area contributed by atoms with E-state index < -0.39 is 8.80 Å². The largest absolute Gasteiger partial charge is 0.500 e. The first kappa shape index (κ1) is 15.3. The summed E-state index contributed by atoms with van der Waals surface area (Å²) >= 11 is 0. The summed E-state index contributed by atoms with van der Waals surface area (Å²) in [6.07, 6.45) is 3.27. The lowest BCUT2D eigenvalue weighted by Gasteiger charge is -2.28.